The van der Waals surface area contributed by atoms with Crippen LogP contribution in [0.5, 0.6) is 5.75 Å². The van der Waals surface area contributed by atoms with Crippen LogP contribution in [0.25, 0.3) is 11.0 Å². The van der Waals surface area contributed by atoms with Crippen LogP contribution in [0.15, 0.2) is 52.9 Å². The molecule has 0 unspecified atom stereocenters. The maximum absolute atomic E-state index is 12.8. The molecule has 3 aromatic rings. The van der Waals surface area contributed by atoms with Gasteiger partial charge in [0.1, 0.15) is 11.3 Å². The van der Waals surface area contributed by atoms with E-state index in [4.69, 9.17) is 9.15 Å². The number of amides is 1. The maximum atomic E-state index is 12.8. The summed E-state index contributed by atoms with van der Waals surface area (Å²) in [7, 11) is 5.54. The number of para-hydroxylation sites is 1. The van der Waals surface area contributed by atoms with Crippen LogP contribution in [-0.4, -0.2) is 44.3 Å². The molecule has 0 aliphatic carbocycles. The van der Waals surface area contributed by atoms with Gasteiger partial charge in [0.25, 0.3) is 5.91 Å². The number of hydrogen-bond acceptors (Lipinski definition) is 5. The summed E-state index contributed by atoms with van der Waals surface area (Å²) in [5.74, 6) is 0.954. The number of furan rings is 1. The zero-order valence-electron chi connectivity index (χ0n) is 17.0. The van der Waals surface area contributed by atoms with Gasteiger partial charge in [0.15, 0.2) is 11.5 Å². The van der Waals surface area contributed by atoms with E-state index in [1.807, 2.05) is 43.3 Å². The average Bonchev–Trinajstić information content (AvgIpc) is 3.09. The SMILES string of the molecule is CNC(=O)c1ccc(OCCCC(=O)c2oc3ccccc3c2CN(C)C)cc1. The van der Waals surface area contributed by atoms with Crippen molar-refractivity contribution in [2.45, 2.75) is 19.4 Å². The van der Waals surface area contributed by atoms with Crippen LogP contribution in [0.3, 0.4) is 0 Å². The topological polar surface area (TPSA) is 71.8 Å². The minimum absolute atomic E-state index is 0.0170. The number of rotatable bonds is 9. The molecule has 1 N–H and O–H groups in total. The van der Waals surface area contributed by atoms with E-state index in [0.717, 1.165) is 16.5 Å². The van der Waals surface area contributed by atoms with Crippen LogP contribution in [0.1, 0.15) is 39.3 Å². The van der Waals surface area contributed by atoms with Gasteiger partial charge in [-0.3, -0.25) is 9.59 Å². The molecule has 0 radical (unpaired) electrons. The second-order valence-corrected chi connectivity index (χ2v) is 7.12. The fraction of sp³-hybridized carbons (Fsp3) is 0.304. The van der Waals surface area contributed by atoms with Crippen LogP contribution in [0.4, 0.5) is 0 Å². The van der Waals surface area contributed by atoms with E-state index in [2.05, 4.69) is 5.32 Å². The Hall–Kier alpha value is -3.12. The lowest BCUT2D eigenvalue weighted by molar-refractivity contribution is 0.0943. The van der Waals surface area contributed by atoms with Gasteiger partial charge in [-0.05, 0) is 50.8 Å². The zero-order chi connectivity index (χ0) is 20.8. The molecule has 0 aliphatic heterocycles. The van der Waals surface area contributed by atoms with Crippen molar-refractivity contribution in [3.63, 3.8) is 0 Å². The van der Waals surface area contributed by atoms with Crippen molar-refractivity contribution < 1.29 is 18.7 Å². The summed E-state index contributed by atoms with van der Waals surface area (Å²) in [6.45, 7) is 1.06. The Bertz CT molecular complexity index is 990. The van der Waals surface area contributed by atoms with E-state index in [1.54, 1.807) is 31.3 Å². The number of hydrogen-bond donors (Lipinski definition) is 1. The summed E-state index contributed by atoms with van der Waals surface area (Å²) in [4.78, 5) is 26.3. The zero-order valence-corrected chi connectivity index (χ0v) is 17.0. The van der Waals surface area contributed by atoms with Gasteiger partial charge in [-0.25, -0.2) is 0 Å². The van der Waals surface area contributed by atoms with Gasteiger partial charge < -0.3 is 19.4 Å². The predicted molar refractivity (Wildman–Crippen MR) is 112 cm³/mol. The maximum Gasteiger partial charge on any atom is 0.251 e. The molecule has 0 aliphatic rings. The van der Waals surface area contributed by atoms with Crippen molar-refractivity contribution >= 4 is 22.7 Å². The van der Waals surface area contributed by atoms with Crippen molar-refractivity contribution in [3.05, 3.63) is 65.4 Å². The van der Waals surface area contributed by atoms with Crippen LogP contribution in [0, 0.1) is 0 Å². The molecule has 0 spiro atoms. The molecule has 0 bridgehead atoms. The standard InChI is InChI=1S/C23H26N2O4/c1-24-23(27)16-10-12-17(13-11-16)28-14-6-8-20(26)22-19(15-25(2)3)18-7-4-5-9-21(18)29-22/h4-5,7,9-13H,6,8,14-15H2,1-3H3,(H,24,27). The molecule has 29 heavy (non-hydrogen) atoms. The first-order valence-corrected chi connectivity index (χ1v) is 9.63. The highest BCUT2D eigenvalue weighted by molar-refractivity contribution is 6.00. The number of fused-ring (bicyclic) bond motifs is 1. The van der Waals surface area contributed by atoms with Crippen molar-refractivity contribution in [2.24, 2.45) is 0 Å². The van der Waals surface area contributed by atoms with Crippen LogP contribution in [0.2, 0.25) is 0 Å². The van der Waals surface area contributed by atoms with E-state index in [0.29, 0.717) is 43.1 Å². The normalized spacial score (nSPS) is 11.0. The molecular weight excluding hydrogens is 368 g/mol. The highest BCUT2D eigenvalue weighted by Crippen LogP contribution is 2.28. The van der Waals surface area contributed by atoms with Gasteiger partial charge in [0, 0.05) is 36.5 Å². The summed E-state index contributed by atoms with van der Waals surface area (Å²) in [5.41, 5.74) is 2.25. The quantitative estimate of drug-likeness (QED) is 0.440. The summed E-state index contributed by atoms with van der Waals surface area (Å²) >= 11 is 0. The molecular formula is C23H26N2O4. The van der Waals surface area contributed by atoms with Gasteiger partial charge in [0.05, 0.1) is 6.61 Å². The predicted octanol–water partition coefficient (Wildman–Crippen LogP) is 3.90. The molecule has 1 amide bonds. The number of carbonyl (C=O) groups is 2. The summed E-state index contributed by atoms with van der Waals surface area (Å²) < 4.78 is 11.6. The van der Waals surface area contributed by atoms with E-state index in [1.165, 1.54) is 0 Å². The van der Waals surface area contributed by atoms with Gasteiger partial charge in [-0.2, -0.15) is 0 Å². The highest BCUT2D eigenvalue weighted by Gasteiger charge is 2.20. The fourth-order valence-corrected chi connectivity index (χ4v) is 3.18. The van der Waals surface area contributed by atoms with E-state index >= 15 is 0 Å². The number of Topliss-reactive ketones (excluding diaryl/α,β-unsaturated/α-hetero) is 1. The molecule has 0 atom stereocenters. The molecule has 0 saturated carbocycles. The van der Waals surface area contributed by atoms with E-state index < -0.39 is 0 Å². The molecule has 0 fully saturated rings. The minimum atomic E-state index is -0.137. The minimum Gasteiger partial charge on any atom is -0.494 e. The Morgan fingerprint density at radius 2 is 1.79 bits per heavy atom. The average molecular weight is 394 g/mol. The number of ether oxygens (including phenoxy) is 1. The van der Waals surface area contributed by atoms with Crippen molar-refractivity contribution in [2.75, 3.05) is 27.7 Å². The summed E-state index contributed by atoms with van der Waals surface area (Å²) in [5, 5.41) is 3.56. The first-order valence-electron chi connectivity index (χ1n) is 9.63. The molecule has 1 aromatic heterocycles. The first-order chi connectivity index (χ1) is 14.0. The molecule has 6 nitrogen and oxygen atoms in total. The van der Waals surface area contributed by atoms with Crippen LogP contribution in [-0.2, 0) is 6.54 Å². The van der Waals surface area contributed by atoms with Crippen molar-refractivity contribution in [1.82, 2.24) is 10.2 Å². The largest absolute Gasteiger partial charge is 0.494 e. The highest BCUT2D eigenvalue weighted by atomic mass is 16.5. The number of nitrogens with zero attached hydrogens (tertiary/aromatic N) is 1. The number of carbonyl (C=O) groups excluding carboxylic acids is 2. The third-order valence-electron chi connectivity index (χ3n) is 4.59. The second kappa shape index (κ2) is 9.39. The lowest BCUT2D eigenvalue weighted by Crippen LogP contribution is -2.17. The molecule has 6 heteroatoms. The van der Waals surface area contributed by atoms with E-state index in [9.17, 15) is 9.59 Å². The number of benzene rings is 2. The molecule has 0 saturated heterocycles. The van der Waals surface area contributed by atoms with E-state index in [-0.39, 0.29) is 11.7 Å². The Morgan fingerprint density at radius 1 is 1.07 bits per heavy atom. The van der Waals surface area contributed by atoms with Crippen LogP contribution < -0.4 is 10.1 Å². The van der Waals surface area contributed by atoms with Gasteiger partial charge >= 0.3 is 0 Å². The third kappa shape index (κ3) is 5.03. The van der Waals surface area contributed by atoms with Crippen molar-refractivity contribution in [3.8, 4) is 5.75 Å². The van der Waals surface area contributed by atoms with Gasteiger partial charge in [-0.1, -0.05) is 18.2 Å². The Kier molecular flexibility index (Phi) is 6.67. The molecule has 2 aromatic carbocycles. The molecule has 3 rings (SSSR count). The van der Waals surface area contributed by atoms with Crippen molar-refractivity contribution in [1.29, 1.82) is 0 Å². The second-order valence-electron chi connectivity index (χ2n) is 7.12. The fourth-order valence-electron chi connectivity index (χ4n) is 3.18. The lowest BCUT2D eigenvalue weighted by Gasteiger charge is -2.10. The Morgan fingerprint density at radius 3 is 2.48 bits per heavy atom. The Balaban J connectivity index is 1.59. The number of nitrogens with one attached hydrogen (secondary N) is 1. The third-order valence-corrected chi connectivity index (χ3v) is 4.59. The number of ketones is 1. The molecule has 1 heterocycles. The monoisotopic (exact) mass is 394 g/mol. The molecule has 152 valence electrons. The van der Waals surface area contributed by atoms with Crippen LogP contribution >= 0.6 is 0 Å². The Labute approximate surface area is 170 Å². The lowest BCUT2D eigenvalue weighted by atomic mass is 10.1. The van der Waals surface area contributed by atoms with Gasteiger partial charge in [0.2, 0.25) is 0 Å². The summed E-state index contributed by atoms with van der Waals surface area (Å²) in [6.07, 6.45) is 0.922. The van der Waals surface area contributed by atoms with Gasteiger partial charge in [-0.15, -0.1) is 0 Å². The summed E-state index contributed by atoms with van der Waals surface area (Å²) in [6, 6.07) is 14.7. The first kappa shape index (κ1) is 20.6. The smallest absolute Gasteiger partial charge is 0.251 e.